The number of hydrogen-bond acceptors (Lipinski definition) is 2. The summed E-state index contributed by atoms with van der Waals surface area (Å²) < 4.78 is 13.5. The topological polar surface area (TPSA) is 23.6 Å². The Balaban J connectivity index is 1.61. The van der Waals surface area contributed by atoms with Crippen molar-refractivity contribution >= 4 is 5.91 Å². The Bertz CT molecular complexity index is 586. The number of hydrogen-bond donors (Lipinski definition) is 0. The number of carbonyl (C=O) groups excluding carboxylic acids is 1. The zero-order chi connectivity index (χ0) is 14.6. The number of nitrogens with zero attached hydrogens (tertiary/aromatic N) is 2. The van der Waals surface area contributed by atoms with Crippen LogP contribution in [0.3, 0.4) is 0 Å². The first-order chi connectivity index (χ1) is 10.1. The van der Waals surface area contributed by atoms with E-state index in [1.807, 2.05) is 11.1 Å². The minimum absolute atomic E-state index is 0.00854. The van der Waals surface area contributed by atoms with Gasteiger partial charge in [0.2, 0.25) is 5.91 Å². The summed E-state index contributed by atoms with van der Waals surface area (Å²) in [4.78, 5) is 12.9. The Kier molecular flexibility index (Phi) is 2.86. The second kappa shape index (κ2) is 4.54. The summed E-state index contributed by atoms with van der Waals surface area (Å²) >= 11 is 0. The van der Waals surface area contributed by atoms with Gasteiger partial charge >= 0.3 is 0 Å². The summed E-state index contributed by atoms with van der Waals surface area (Å²) in [5, 5.41) is 4.09. The summed E-state index contributed by atoms with van der Waals surface area (Å²) in [5.74, 6) is 0.757. The van der Waals surface area contributed by atoms with Gasteiger partial charge in [0.25, 0.3) is 0 Å². The molecule has 112 valence electrons. The molecule has 2 saturated heterocycles. The third-order valence-electron chi connectivity index (χ3n) is 5.19. The molecule has 3 aliphatic rings. The predicted molar refractivity (Wildman–Crippen MR) is 77.6 cm³/mol. The van der Waals surface area contributed by atoms with Crippen LogP contribution in [0, 0.1) is 17.2 Å². The highest BCUT2D eigenvalue weighted by molar-refractivity contribution is 5.85. The average molecular weight is 288 g/mol. The molecule has 3 fully saturated rings. The molecule has 1 saturated carbocycles. The summed E-state index contributed by atoms with van der Waals surface area (Å²) in [7, 11) is 0. The Morgan fingerprint density at radius 1 is 1.33 bits per heavy atom. The Morgan fingerprint density at radius 3 is 2.86 bits per heavy atom. The molecule has 4 heteroatoms. The highest BCUT2D eigenvalue weighted by Crippen LogP contribution is 2.48. The van der Waals surface area contributed by atoms with Crippen LogP contribution in [0.15, 0.2) is 24.3 Å². The van der Waals surface area contributed by atoms with E-state index in [1.54, 1.807) is 12.1 Å². The van der Waals surface area contributed by atoms with Crippen LogP contribution in [-0.2, 0) is 4.79 Å². The second-order valence-corrected chi connectivity index (χ2v) is 7.11. The quantitative estimate of drug-likeness (QED) is 0.853. The van der Waals surface area contributed by atoms with Gasteiger partial charge in [-0.15, -0.1) is 0 Å². The van der Waals surface area contributed by atoms with E-state index in [-0.39, 0.29) is 23.2 Å². The van der Waals surface area contributed by atoms with E-state index >= 15 is 0 Å². The van der Waals surface area contributed by atoms with Crippen molar-refractivity contribution < 1.29 is 9.18 Å². The maximum Gasteiger partial charge on any atom is 0.244 e. The molecule has 0 N–H and O–H groups in total. The predicted octanol–water partition coefficient (Wildman–Crippen LogP) is 3.14. The zero-order valence-corrected chi connectivity index (χ0v) is 12.4. The van der Waals surface area contributed by atoms with Crippen molar-refractivity contribution in [3.8, 4) is 0 Å². The molecule has 1 aromatic rings. The van der Waals surface area contributed by atoms with Gasteiger partial charge in [-0.2, -0.15) is 0 Å². The summed E-state index contributed by atoms with van der Waals surface area (Å²) in [6.45, 7) is 3.83. The number of halogens is 1. The van der Waals surface area contributed by atoms with E-state index in [1.165, 1.54) is 18.9 Å². The highest BCUT2D eigenvalue weighted by Gasteiger charge is 2.54. The van der Waals surface area contributed by atoms with Crippen LogP contribution >= 0.6 is 0 Å². The van der Waals surface area contributed by atoms with Gasteiger partial charge in [-0.25, -0.2) is 9.40 Å². The SMILES string of the molecule is C[C@@]1(CC2CC2)CN2CC[C@H](c3cccc(F)c3)N2C1=O. The molecule has 0 spiro atoms. The zero-order valence-electron chi connectivity index (χ0n) is 12.4. The van der Waals surface area contributed by atoms with E-state index in [2.05, 4.69) is 11.9 Å². The Labute approximate surface area is 124 Å². The van der Waals surface area contributed by atoms with Crippen molar-refractivity contribution in [3.63, 3.8) is 0 Å². The van der Waals surface area contributed by atoms with Crippen LogP contribution in [0.25, 0.3) is 0 Å². The van der Waals surface area contributed by atoms with Gasteiger partial charge in [0.15, 0.2) is 0 Å². The maximum atomic E-state index is 13.5. The van der Waals surface area contributed by atoms with Gasteiger partial charge in [0.05, 0.1) is 11.5 Å². The lowest BCUT2D eigenvalue weighted by Gasteiger charge is -2.27. The van der Waals surface area contributed by atoms with Crippen molar-refractivity contribution in [2.24, 2.45) is 11.3 Å². The molecule has 0 bridgehead atoms. The average Bonchev–Trinajstić information content (AvgIpc) is 3.09. The first kappa shape index (κ1) is 13.3. The van der Waals surface area contributed by atoms with E-state index in [0.29, 0.717) is 0 Å². The maximum absolute atomic E-state index is 13.5. The molecule has 1 aliphatic carbocycles. The summed E-state index contributed by atoms with van der Waals surface area (Å²) in [6.07, 6.45) is 4.45. The number of benzene rings is 1. The van der Waals surface area contributed by atoms with Gasteiger partial charge in [-0.1, -0.05) is 25.0 Å². The second-order valence-electron chi connectivity index (χ2n) is 7.11. The molecule has 4 rings (SSSR count). The lowest BCUT2D eigenvalue weighted by Crippen LogP contribution is -2.36. The fourth-order valence-corrected chi connectivity index (χ4v) is 4.00. The van der Waals surface area contributed by atoms with Crippen LogP contribution < -0.4 is 0 Å². The molecule has 21 heavy (non-hydrogen) atoms. The largest absolute Gasteiger partial charge is 0.273 e. The smallest absolute Gasteiger partial charge is 0.244 e. The van der Waals surface area contributed by atoms with E-state index in [0.717, 1.165) is 37.4 Å². The van der Waals surface area contributed by atoms with Crippen LogP contribution in [0.5, 0.6) is 0 Å². The summed E-state index contributed by atoms with van der Waals surface area (Å²) in [5.41, 5.74) is 0.675. The molecule has 0 aromatic heterocycles. The number of hydrazine groups is 1. The van der Waals surface area contributed by atoms with Gasteiger partial charge in [-0.05, 0) is 43.4 Å². The molecule has 0 radical (unpaired) electrons. The lowest BCUT2D eigenvalue weighted by molar-refractivity contribution is -0.143. The third-order valence-corrected chi connectivity index (χ3v) is 5.19. The minimum Gasteiger partial charge on any atom is -0.273 e. The van der Waals surface area contributed by atoms with Crippen LogP contribution in [0.4, 0.5) is 4.39 Å². The number of rotatable bonds is 3. The van der Waals surface area contributed by atoms with Gasteiger partial charge in [0.1, 0.15) is 5.82 Å². The molecule has 2 atom stereocenters. The third kappa shape index (κ3) is 2.16. The summed E-state index contributed by atoms with van der Waals surface area (Å²) in [6, 6.07) is 6.70. The first-order valence-electron chi connectivity index (χ1n) is 7.91. The minimum atomic E-state index is -0.243. The van der Waals surface area contributed by atoms with Gasteiger partial charge in [-0.3, -0.25) is 9.80 Å². The molecule has 1 aromatic carbocycles. The van der Waals surface area contributed by atoms with E-state index < -0.39 is 0 Å². The first-order valence-corrected chi connectivity index (χ1v) is 7.91. The monoisotopic (exact) mass is 288 g/mol. The van der Waals surface area contributed by atoms with Crippen molar-refractivity contribution in [1.82, 2.24) is 10.0 Å². The number of carbonyl (C=O) groups is 1. The highest BCUT2D eigenvalue weighted by atomic mass is 19.1. The number of fused-ring (bicyclic) bond motifs is 1. The molecule has 2 heterocycles. The normalized spacial score (nSPS) is 32.8. The van der Waals surface area contributed by atoms with E-state index in [9.17, 15) is 9.18 Å². The van der Waals surface area contributed by atoms with Crippen molar-refractivity contribution in [2.75, 3.05) is 13.1 Å². The van der Waals surface area contributed by atoms with Crippen LogP contribution in [-0.4, -0.2) is 29.0 Å². The Hall–Kier alpha value is -1.42. The Morgan fingerprint density at radius 2 is 2.14 bits per heavy atom. The van der Waals surface area contributed by atoms with Crippen molar-refractivity contribution in [3.05, 3.63) is 35.6 Å². The number of amides is 1. The molecule has 3 nitrogen and oxygen atoms in total. The van der Waals surface area contributed by atoms with E-state index in [4.69, 9.17) is 0 Å². The molecule has 2 aliphatic heterocycles. The molecular weight excluding hydrogens is 267 g/mol. The van der Waals surface area contributed by atoms with Gasteiger partial charge < -0.3 is 0 Å². The fourth-order valence-electron chi connectivity index (χ4n) is 4.00. The van der Waals surface area contributed by atoms with Crippen molar-refractivity contribution in [2.45, 2.75) is 38.6 Å². The van der Waals surface area contributed by atoms with Crippen molar-refractivity contribution in [1.29, 1.82) is 0 Å². The fraction of sp³-hybridized carbons (Fsp3) is 0.588. The molecule has 1 amide bonds. The molecule has 0 unspecified atom stereocenters. The lowest BCUT2D eigenvalue weighted by atomic mass is 9.84. The van der Waals surface area contributed by atoms with Gasteiger partial charge in [0, 0.05) is 13.1 Å². The van der Waals surface area contributed by atoms with Crippen LogP contribution in [0.1, 0.15) is 44.2 Å². The van der Waals surface area contributed by atoms with Crippen LogP contribution in [0.2, 0.25) is 0 Å². The standard InChI is InChI=1S/C17H21FN2O/c1-17(10-12-5-6-12)11-19-8-7-15(20(19)16(17)21)13-3-2-4-14(18)9-13/h2-4,9,12,15H,5-8,10-11H2,1H3/t15-,17-/m1/s1. The molecular formula is C17H21FN2O.